The third-order valence-corrected chi connectivity index (χ3v) is 3.11. The molecule has 2 unspecified atom stereocenters. The van der Waals surface area contributed by atoms with E-state index in [0.29, 0.717) is 10.4 Å². The van der Waals surface area contributed by atoms with Crippen LogP contribution in [0.3, 0.4) is 0 Å². The molecule has 0 aliphatic heterocycles. The summed E-state index contributed by atoms with van der Waals surface area (Å²) in [7, 11) is 0. The highest BCUT2D eigenvalue weighted by Crippen LogP contribution is 2.17. The number of nitrogens with zero attached hydrogens (tertiary/aromatic N) is 1. The predicted octanol–water partition coefficient (Wildman–Crippen LogP) is 3.20. The van der Waals surface area contributed by atoms with Gasteiger partial charge in [-0.25, -0.2) is 0 Å². The van der Waals surface area contributed by atoms with Gasteiger partial charge in [0.05, 0.1) is 4.92 Å². The zero-order chi connectivity index (χ0) is 14.6. The Morgan fingerprint density at radius 1 is 1.47 bits per heavy atom. The zero-order valence-electron chi connectivity index (χ0n) is 11.1. The maximum absolute atomic E-state index is 12.1. The van der Waals surface area contributed by atoms with Crippen molar-refractivity contribution in [3.63, 3.8) is 0 Å². The Kier molecular flexibility index (Phi) is 5.47. The molecule has 0 aliphatic rings. The number of rotatable bonds is 5. The summed E-state index contributed by atoms with van der Waals surface area (Å²) < 4.78 is 0. The van der Waals surface area contributed by atoms with E-state index in [-0.39, 0.29) is 17.6 Å². The summed E-state index contributed by atoms with van der Waals surface area (Å²) in [6, 6.07) is 4.30. The molecular formula is C13H17BrN2O3. The maximum Gasteiger partial charge on any atom is 0.270 e. The molecular weight excluding hydrogens is 312 g/mol. The van der Waals surface area contributed by atoms with Gasteiger partial charge in [0.25, 0.3) is 11.6 Å². The van der Waals surface area contributed by atoms with Crippen molar-refractivity contribution in [3.8, 4) is 0 Å². The van der Waals surface area contributed by atoms with Crippen molar-refractivity contribution < 1.29 is 9.72 Å². The molecule has 1 amide bonds. The molecule has 2 atom stereocenters. The third-order valence-electron chi connectivity index (χ3n) is 2.73. The van der Waals surface area contributed by atoms with Crippen LogP contribution in [0.5, 0.6) is 0 Å². The summed E-state index contributed by atoms with van der Waals surface area (Å²) in [6.07, 6.45) is 0.791. The summed E-state index contributed by atoms with van der Waals surface area (Å²) in [6.45, 7) is 5.67. The number of alkyl halides is 1. The number of nitro benzene ring substituents is 1. The number of hydrogen-bond acceptors (Lipinski definition) is 3. The molecule has 0 radical (unpaired) electrons. The molecule has 6 heteroatoms. The van der Waals surface area contributed by atoms with Crippen molar-refractivity contribution >= 4 is 27.5 Å². The number of non-ortho nitro benzene ring substituents is 1. The Morgan fingerprint density at radius 2 is 2.11 bits per heavy atom. The molecule has 1 aromatic rings. The standard InChI is InChI=1S/C13H17BrN2O3/c1-8-4-5-11(16(18)19)7-12(8)13(17)15-10(3)6-9(2)14/h4-5,7,9-10H,6H2,1-3H3,(H,15,17). The van der Waals surface area contributed by atoms with Crippen molar-refractivity contribution in [2.75, 3.05) is 0 Å². The van der Waals surface area contributed by atoms with Crippen molar-refractivity contribution in [2.24, 2.45) is 0 Å². The predicted molar refractivity (Wildman–Crippen MR) is 77.8 cm³/mol. The smallest absolute Gasteiger partial charge is 0.270 e. The Bertz CT molecular complexity index is 489. The molecule has 0 saturated carbocycles. The van der Waals surface area contributed by atoms with E-state index in [1.807, 2.05) is 13.8 Å². The molecule has 1 rings (SSSR count). The van der Waals surface area contributed by atoms with Gasteiger partial charge in [0, 0.05) is 28.6 Å². The minimum absolute atomic E-state index is 0.000497. The van der Waals surface area contributed by atoms with Gasteiger partial charge in [-0.3, -0.25) is 14.9 Å². The van der Waals surface area contributed by atoms with Crippen molar-refractivity contribution in [1.29, 1.82) is 0 Å². The van der Waals surface area contributed by atoms with Gasteiger partial charge in [0.15, 0.2) is 0 Å². The number of amides is 1. The highest BCUT2D eigenvalue weighted by molar-refractivity contribution is 9.09. The van der Waals surface area contributed by atoms with Crippen LogP contribution in [0.4, 0.5) is 5.69 Å². The fourth-order valence-electron chi connectivity index (χ4n) is 1.82. The van der Waals surface area contributed by atoms with Crippen molar-refractivity contribution in [1.82, 2.24) is 5.32 Å². The summed E-state index contributed by atoms with van der Waals surface area (Å²) in [5, 5.41) is 13.6. The molecule has 0 fully saturated rings. The molecule has 0 saturated heterocycles. The number of carbonyl (C=O) groups excluding carboxylic acids is 1. The van der Waals surface area contributed by atoms with Gasteiger partial charge < -0.3 is 5.32 Å². The first-order valence-electron chi connectivity index (χ1n) is 6.01. The lowest BCUT2D eigenvalue weighted by Crippen LogP contribution is -2.34. The highest BCUT2D eigenvalue weighted by Gasteiger charge is 2.16. The Labute approximate surface area is 120 Å². The van der Waals surface area contributed by atoms with Gasteiger partial charge in [-0.1, -0.05) is 28.9 Å². The molecule has 19 heavy (non-hydrogen) atoms. The largest absolute Gasteiger partial charge is 0.350 e. The number of aryl methyl sites for hydroxylation is 1. The second-order valence-corrected chi connectivity index (χ2v) is 6.21. The van der Waals surface area contributed by atoms with Crippen LogP contribution in [0.15, 0.2) is 18.2 Å². The monoisotopic (exact) mass is 328 g/mol. The average molecular weight is 329 g/mol. The molecule has 5 nitrogen and oxygen atoms in total. The minimum atomic E-state index is -0.500. The third kappa shape index (κ3) is 4.63. The van der Waals surface area contributed by atoms with E-state index in [4.69, 9.17) is 0 Å². The minimum Gasteiger partial charge on any atom is -0.350 e. The summed E-state index contributed by atoms with van der Waals surface area (Å²) in [5.41, 5.74) is 1.00. The average Bonchev–Trinajstić information content (AvgIpc) is 2.27. The number of carbonyl (C=O) groups is 1. The van der Waals surface area contributed by atoms with Crippen LogP contribution in [0.2, 0.25) is 0 Å². The van der Waals surface area contributed by atoms with Crippen molar-refractivity contribution in [2.45, 2.75) is 38.1 Å². The lowest BCUT2D eigenvalue weighted by Gasteiger charge is -2.16. The van der Waals surface area contributed by atoms with E-state index in [1.165, 1.54) is 12.1 Å². The molecule has 1 aromatic carbocycles. The number of nitrogens with one attached hydrogen (secondary N) is 1. The maximum atomic E-state index is 12.1. The topological polar surface area (TPSA) is 72.2 Å². The lowest BCUT2D eigenvalue weighted by molar-refractivity contribution is -0.384. The molecule has 104 valence electrons. The number of halogens is 1. The van der Waals surface area contributed by atoms with Gasteiger partial charge >= 0.3 is 0 Å². The van der Waals surface area contributed by atoms with E-state index in [0.717, 1.165) is 12.0 Å². The van der Waals surface area contributed by atoms with E-state index in [2.05, 4.69) is 21.2 Å². The summed E-state index contributed by atoms with van der Waals surface area (Å²) in [5.74, 6) is -0.276. The van der Waals surface area contributed by atoms with E-state index in [9.17, 15) is 14.9 Å². The van der Waals surface area contributed by atoms with E-state index >= 15 is 0 Å². The van der Waals surface area contributed by atoms with Gasteiger partial charge in [-0.05, 0) is 25.8 Å². The Hall–Kier alpha value is -1.43. The van der Waals surface area contributed by atoms with Crippen LogP contribution >= 0.6 is 15.9 Å². The van der Waals surface area contributed by atoms with Crippen LogP contribution in [-0.2, 0) is 0 Å². The summed E-state index contributed by atoms with van der Waals surface area (Å²) >= 11 is 3.43. The second-order valence-electron chi connectivity index (χ2n) is 4.65. The lowest BCUT2D eigenvalue weighted by atomic mass is 10.1. The fourth-order valence-corrected chi connectivity index (χ4v) is 2.38. The quantitative estimate of drug-likeness (QED) is 0.512. The molecule has 0 heterocycles. The van der Waals surface area contributed by atoms with Crippen LogP contribution in [0.25, 0.3) is 0 Å². The fraction of sp³-hybridized carbons (Fsp3) is 0.462. The van der Waals surface area contributed by atoms with E-state index in [1.54, 1.807) is 13.0 Å². The van der Waals surface area contributed by atoms with Crippen LogP contribution in [0.1, 0.15) is 36.2 Å². The first-order chi connectivity index (χ1) is 8.81. The zero-order valence-corrected chi connectivity index (χ0v) is 12.7. The van der Waals surface area contributed by atoms with Crippen LogP contribution in [-0.4, -0.2) is 21.7 Å². The first-order valence-corrected chi connectivity index (χ1v) is 6.92. The van der Waals surface area contributed by atoms with Gasteiger partial charge in [-0.15, -0.1) is 0 Å². The van der Waals surface area contributed by atoms with Gasteiger partial charge in [0.2, 0.25) is 0 Å². The van der Waals surface area contributed by atoms with Crippen LogP contribution in [0, 0.1) is 17.0 Å². The van der Waals surface area contributed by atoms with Gasteiger partial charge in [0.1, 0.15) is 0 Å². The second kappa shape index (κ2) is 6.65. The van der Waals surface area contributed by atoms with Crippen LogP contribution < -0.4 is 5.32 Å². The molecule has 0 aliphatic carbocycles. The van der Waals surface area contributed by atoms with Gasteiger partial charge in [-0.2, -0.15) is 0 Å². The normalized spacial score (nSPS) is 13.7. The Morgan fingerprint density at radius 3 is 2.63 bits per heavy atom. The molecule has 1 N–H and O–H groups in total. The highest BCUT2D eigenvalue weighted by atomic mass is 79.9. The molecule has 0 bridgehead atoms. The molecule has 0 aromatic heterocycles. The number of nitro groups is 1. The summed E-state index contributed by atoms with van der Waals surface area (Å²) in [4.78, 5) is 22.6. The van der Waals surface area contributed by atoms with E-state index < -0.39 is 4.92 Å². The van der Waals surface area contributed by atoms with Crippen molar-refractivity contribution in [3.05, 3.63) is 39.4 Å². The Balaban J connectivity index is 2.87. The molecule has 0 spiro atoms. The number of benzene rings is 1. The number of hydrogen-bond donors (Lipinski definition) is 1. The SMILES string of the molecule is Cc1ccc([N+](=O)[O-])cc1C(=O)NC(C)CC(C)Br. The first kappa shape index (κ1) is 15.6.